The molecule has 0 fully saturated rings. The van der Waals surface area contributed by atoms with Crippen molar-refractivity contribution in [1.29, 1.82) is 0 Å². The predicted molar refractivity (Wildman–Crippen MR) is 70.7 cm³/mol. The molecule has 1 N–H and O–H groups in total. The molecule has 23 heavy (non-hydrogen) atoms. The van der Waals surface area contributed by atoms with Gasteiger partial charge in [0.25, 0.3) is 5.91 Å². The second kappa shape index (κ2) is 6.39. The van der Waals surface area contributed by atoms with E-state index < -0.39 is 40.9 Å². The van der Waals surface area contributed by atoms with E-state index in [-0.39, 0.29) is 0 Å². The largest absolute Gasteiger partial charge is 0.443 e. The lowest BCUT2D eigenvalue weighted by Crippen LogP contribution is -2.46. The molecule has 10 heteroatoms. The van der Waals surface area contributed by atoms with Gasteiger partial charge in [0.1, 0.15) is 11.2 Å². The zero-order valence-corrected chi connectivity index (χ0v) is 12.8. The Morgan fingerprint density at radius 2 is 1.83 bits per heavy atom. The lowest BCUT2D eigenvalue weighted by Gasteiger charge is -2.24. The fourth-order valence-electron chi connectivity index (χ4n) is 1.53. The summed E-state index contributed by atoms with van der Waals surface area (Å²) in [7, 11) is 0.957. The first-order valence-electron chi connectivity index (χ1n) is 6.32. The fraction of sp³-hybridized carbons (Fsp3) is 0.462. The number of pyridine rings is 1. The van der Waals surface area contributed by atoms with Crippen LogP contribution in [0.1, 0.15) is 36.7 Å². The van der Waals surface area contributed by atoms with E-state index in [1.54, 1.807) is 20.8 Å². The van der Waals surface area contributed by atoms with E-state index in [9.17, 15) is 27.2 Å². The summed E-state index contributed by atoms with van der Waals surface area (Å²) in [6, 6.07) is 0.470. The van der Waals surface area contributed by atoms with E-state index in [1.165, 1.54) is 0 Å². The van der Waals surface area contributed by atoms with Crippen LogP contribution in [-0.4, -0.2) is 34.6 Å². The molecular weight excluding hydrogens is 322 g/mol. The van der Waals surface area contributed by atoms with Crippen molar-refractivity contribution in [1.82, 2.24) is 15.4 Å². The van der Waals surface area contributed by atoms with Gasteiger partial charge in [-0.15, -0.1) is 0 Å². The highest BCUT2D eigenvalue weighted by molar-refractivity contribution is 5.96. The molecule has 1 heterocycles. The summed E-state index contributed by atoms with van der Waals surface area (Å²) in [6.45, 7) is 4.66. The third-order valence-electron chi connectivity index (χ3n) is 2.39. The van der Waals surface area contributed by atoms with Crippen LogP contribution in [0.2, 0.25) is 0 Å². The second-order valence-electron chi connectivity index (χ2n) is 5.50. The minimum atomic E-state index is -4.96. The summed E-state index contributed by atoms with van der Waals surface area (Å²) >= 11 is 0. The van der Waals surface area contributed by atoms with Crippen LogP contribution in [0.4, 0.5) is 22.4 Å². The van der Waals surface area contributed by atoms with Gasteiger partial charge in [-0.25, -0.2) is 15.2 Å². The van der Waals surface area contributed by atoms with E-state index in [4.69, 9.17) is 4.74 Å². The van der Waals surface area contributed by atoms with Gasteiger partial charge in [0.2, 0.25) is 5.95 Å². The molecule has 128 valence electrons. The van der Waals surface area contributed by atoms with Crippen molar-refractivity contribution in [2.75, 3.05) is 7.05 Å². The first-order chi connectivity index (χ1) is 10.3. The van der Waals surface area contributed by atoms with Gasteiger partial charge in [0.05, 0.1) is 5.56 Å². The lowest BCUT2D eigenvalue weighted by molar-refractivity contribution is -0.138. The van der Waals surface area contributed by atoms with Crippen molar-refractivity contribution >= 4 is 12.0 Å². The Balaban J connectivity index is 3.04. The SMILES string of the molecule is CN(NC(=O)OC(C)(C)C)C(=O)c1c(C(F)(F)F)ccnc1F. The second-order valence-corrected chi connectivity index (χ2v) is 5.50. The number of hydrogen-bond donors (Lipinski definition) is 1. The van der Waals surface area contributed by atoms with E-state index >= 15 is 0 Å². The summed E-state index contributed by atoms with van der Waals surface area (Å²) in [4.78, 5) is 26.6. The minimum Gasteiger partial charge on any atom is -0.443 e. The van der Waals surface area contributed by atoms with Gasteiger partial charge in [-0.3, -0.25) is 9.80 Å². The van der Waals surface area contributed by atoms with Gasteiger partial charge in [-0.05, 0) is 26.8 Å². The molecule has 0 spiro atoms. The molecule has 0 unspecified atom stereocenters. The Bertz CT molecular complexity index is 611. The third kappa shape index (κ3) is 5.08. The number of carbonyl (C=O) groups is 2. The molecule has 0 aliphatic heterocycles. The van der Waals surface area contributed by atoms with Crippen LogP contribution < -0.4 is 5.43 Å². The first-order valence-corrected chi connectivity index (χ1v) is 6.32. The number of ether oxygens (including phenoxy) is 1. The molecule has 6 nitrogen and oxygen atoms in total. The monoisotopic (exact) mass is 337 g/mol. The van der Waals surface area contributed by atoms with Gasteiger partial charge >= 0.3 is 12.3 Å². The smallest absolute Gasteiger partial charge is 0.426 e. The Kier molecular flexibility index (Phi) is 5.18. The molecule has 1 aromatic rings. The standard InChI is InChI=1S/C13H15F4N3O3/c1-12(2,3)23-11(22)19-20(4)10(21)8-7(13(15,16)17)5-6-18-9(8)14/h5-6H,1-4H3,(H,19,22). The number of halogens is 4. The molecule has 0 aliphatic rings. The van der Waals surface area contributed by atoms with Crippen molar-refractivity contribution in [3.8, 4) is 0 Å². The molecule has 0 saturated carbocycles. The van der Waals surface area contributed by atoms with Crippen LogP contribution in [0.5, 0.6) is 0 Å². The summed E-state index contributed by atoms with van der Waals surface area (Å²) in [5.74, 6) is -3.02. The van der Waals surface area contributed by atoms with E-state index in [0.717, 1.165) is 7.05 Å². The van der Waals surface area contributed by atoms with Gasteiger partial charge < -0.3 is 4.74 Å². The van der Waals surface area contributed by atoms with E-state index in [0.29, 0.717) is 17.3 Å². The number of aromatic nitrogens is 1. The quantitative estimate of drug-likeness (QED) is 0.486. The zero-order chi connectivity index (χ0) is 18.0. The number of nitrogens with one attached hydrogen (secondary N) is 1. The van der Waals surface area contributed by atoms with Crippen molar-refractivity contribution in [3.05, 3.63) is 29.3 Å². The number of amides is 2. The zero-order valence-electron chi connectivity index (χ0n) is 12.8. The first kappa shape index (κ1) is 18.7. The van der Waals surface area contributed by atoms with Crippen LogP contribution in [0, 0.1) is 5.95 Å². The van der Waals surface area contributed by atoms with Crippen molar-refractivity contribution in [3.63, 3.8) is 0 Å². The molecular formula is C13H15F4N3O3. The molecule has 1 aromatic heterocycles. The molecule has 0 aliphatic carbocycles. The van der Waals surface area contributed by atoms with Gasteiger partial charge in [0, 0.05) is 13.2 Å². The van der Waals surface area contributed by atoms with Gasteiger partial charge in [-0.2, -0.15) is 17.6 Å². The van der Waals surface area contributed by atoms with Crippen LogP contribution >= 0.6 is 0 Å². The Morgan fingerprint density at radius 3 is 2.30 bits per heavy atom. The highest BCUT2D eigenvalue weighted by atomic mass is 19.4. The van der Waals surface area contributed by atoms with Crippen molar-refractivity contribution < 1.29 is 31.9 Å². The van der Waals surface area contributed by atoms with Crippen LogP contribution in [0.25, 0.3) is 0 Å². The number of rotatable bonds is 1. The van der Waals surface area contributed by atoms with Crippen LogP contribution in [-0.2, 0) is 10.9 Å². The highest BCUT2D eigenvalue weighted by Gasteiger charge is 2.38. The lowest BCUT2D eigenvalue weighted by atomic mass is 10.1. The maximum atomic E-state index is 13.6. The maximum absolute atomic E-state index is 13.6. The molecule has 0 saturated heterocycles. The van der Waals surface area contributed by atoms with Gasteiger partial charge in [-0.1, -0.05) is 0 Å². The average molecular weight is 337 g/mol. The topological polar surface area (TPSA) is 71.5 Å². The summed E-state index contributed by atoms with van der Waals surface area (Å²) in [6.07, 6.45) is -5.44. The molecule has 0 atom stereocenters. The maximum Gasteiger partial charge on any atom is 0.426 e. The normalized spacial score (nSPS) is 11.8. The number of nitrogens with zero attached hydrogens (tertiary/aromatic N) is 2. The van der Waals surface area contributed by atoms with E-state index in [1.807, 2.05) is 5.43 Å². The number of carbonyl (C=O) groups excluding carboxylic acids is 2. The molecule has 1 rings (SSSR count). The van der Waals surface area contributed by atoms with Crippen LogP contribution in [0.15, 0.2) is 12.3 Å². The van der Waals surface area contributed by atoms with Crippen molar-refractivity contribution in [2.45, 2.75) is 32.5 Å². The predicted octanol–water partition coefficient (Wildman–Crippen LogP) is 2.75. The molecule has 0 radical (unpaired) electrons. The number of hydrazine groups is 1. The molecule has 0 bridgehead atoms. The number of alkyl halides is 3. The summed E-state index contributed by atoms with van der Waals surface area (Å²) in [5.41, 5.74) is -1.77. The van der Waals surface area contributed by atoms with E-state index in [2.05, 4.69) is 4.98 Å². The Labute approximate surface area is 129 Å². The summed E-state index contributed by atoms with van der Waals surface area (Å²) < 4.78 is 57.0. The molecule has 0 aromatic carbocycles. The van der Waals surface area contributed by atoms with Gasteiger partial charge in [0.15, 0.2) is 0 Å². The fourth-order valence-corrected chi connectivity index (χ4v) is 1.53. The Hall–Kier alpha value is -2.39. The number of hydrogen-bond acceptors (Lipinski definition) is 4. The molecule has 2 amide bonds. The third-order valence-corrected chi connectivity index (χ3v) is 2.39. The highest BCUT2D eigenvalue weighted by Crippen LogP contribution is 2.32. The average Bonchev–Trinajstić information content (AvgIpc) is 2.33. The Morgan fingerprint density at radius 1 is 1.26 bits per heavy atom. The summed E-state index contributed by atoms with van der Waals surface area (Å²) in [5, 5.41) is 0.392. The minimum absolute atomic E-state index is 0.392. The van der Waals surface area contributed by atoms with Crippen LogP contribution in [0.3, 0.4) is 0 Å². The van der Waals surface area contributed by atoms with Crippen molar-refractivity contribution in [2.24, 2.45) is 0 Å².